The van der Waals surface area contributed by atoms with E-state index in [0.29, 0.717) is 18.8 Å². The van der Waals surface area contributed by atoms with E-state index in [1.165, 1.54) is 11.3 Å². The molecule has 0 fully saturated rings. The van der Waals surface area contributed by atoms with Gasteiger partial charge >= 0.3 is 0 Å². The summed E-state index contributed by atoms with van der Waals surface area (Å²) in [4.78, 5) is 18.7. The lowest BCUT2D eigenvalue weighted by Gasteiger charge is -2.28. The second-order valence-corrected chi connectivity index (χ2v) is 7.24. The first-order valence-corrected chi connectivity index (χ1v) is 8.19. The lowest BCUT2D eigenvalue weighted by atomic mass is 9.93. The summed E-state index contributed by atoms with van der Waals surface area (Å²) in [5, 5.41) is 2.71. The number of aryl methyl sites for hydroxylation is 1. The van der Waals surface area contributed by atoms with Gasteiger partial charge < -0.3 is 10.6 Å². The van der Waals surface area contributed by atoms with E-state index in [4.69, 9.17) is 5.73 Å². The van der Waals surface area contributed by atoms with Crippen LogP contribution in [-0.2, 0) is 0 Å². The minimum Gasteiger partial charge on any atom is -0.340 e. The van der Waals surface area contributed by atoms with Crippen molar-refractivity contribution >= 4 is 17.2 Å². The third-order valence-electron chi connectivity index (χ3n) is 3.66. The second-order valence-electron chi connectivity index (χ2n) is 6.38. The summed E-state index contributed by atoms with van der Waals surface area (Å²) >= 11 is 1.50. The van der Waals surface area contributed by atoms with Crippen LogP contribution in [0.3, 0.4) is 0 Å². The molecule has 5 heteroatoms. The number of nitrogens with zero attached hydrogens (tertiary/aromatic N) is 2. The molecule has 0 radical (unpaired) electrons. The maximum absolute atomic E-state index is 12.5. The Balaban J connectivity index is 2.18. The van der Waals surface area contributed by atoms with Gasteiger partial charge in [0.25, 0.3) is 5.91 Å². The van der Waals surface area contributed by atoms with Gasteiger partial charge in [-0.25, -0.2) is 4.98 Å². The standard InChI is InChI=1S/C17H23N3OS/c1-12-7-5-6-8-13(12)15-19-14(9-22-15)16(21)20(4)11-17(2,3)10-18/h5-9H,10-11,18H2,1-4H3. The van der Waals surface area contributed by atoms with E-state index in [1.54, 1.807) is 11.9 Å². The zero-order valence-corrected chi connectivity index (χ0v) is 14.4. The third-order valence-corrected chi connectivity index (χ3v) is 4.54. The lowest BCUT2D eigenvalue weighted by Crippen LogP contribution is -2.39. The molecule has 4 nitrogen and oxygen atoms in total. The molecule has 0 aliphatic heterocycles. The topological polar surface area (TPSA) is 59.2 Å². The van der Waals surface area contributed by atoms with Crippen LogP contribution in [0.5, 0.6) is 0 Å². The molecule has 0 atom stereocenters. The lowest BCUT2D eigenvalue weighted by molar-refractivity contribution is 0.0735. The van der Waals surface area contributed by atoms with Gasteiger partial charge in [0, 0.05) is 24.5 Å². The van der Waals surface area contributed by atoms with Gasteiger partial charge in [0.1, 0.15) is 10.7 Å². The number of hydrogen-bond acceptors (Lipinski definition) is 4. The number of nitrogens with two attached hydrogens (primary N) is 1. The van der Waals surface area contributed by atoms with Crippen LogP contribution in [0.15, 0.2) is 29.6 Å². The summed E-state index contributed by atoms with van der Waals surface area (Å²) in [5.74, 6) is -0.0578. The molecule has 2 aromatic rings. The quantitative estimate of drug-likeness (QED) is 0.921. The minimum absolute atomic E-state index is 0.0578. The van der Waals surface area contributed by atoms with Crippen molar-refractivity contribution in [3.63, 3.8) is 0 Å². The van der Waals surface area contributed by atoms with Gasteiger partial charge in [0.2, 0.25) is 0 Å². The zero-order chi connectivity index (χ0) is 16.3. The van der Waals surface area contributed by atoms with E-state index in [9.17, 15) is 4.79 Å². The molecule has 0 aliphatic carbocycles. The fourth-order valence-electron chi connectivity index (χ4n) is 2.28. The molecule has 0 aliphatic rings. The Kier molecular flexibility index (Phi) is 4.98. The molecular formula is C17H23N3OS. The Morgan fingerprint density at radius 3 is 2.68 bits per heavy atom. The summed E-state index contributed by atoms with van der Waals surface area (Å²) in [7, 11) is 1.80. The van der Waals surface area contributed by atoms with Gasteiger partial charge in [0.05, 0.1) is 0 Å². The Hall–Kier alpha value is -1.72. The average Bonchev–Trinajstić information content (AvgIpc) is 2.96. The van der Waals surface area contributed by atoms with E-state index < -0.39 is 0 Å². The van der Waals surface area contributed by atoms with Crippen LogP contribution in [0.1, 0.15) is 29.9 Å². The van der Waals surface area contributed by atoms with Crippen molar-refractivity contribution in [2.45, 2.75) is 20.8 Å². The first-order chi connectivity index (χ1) is 10.3. The van der Waals surface area contributed by atoms with Crippen molar-refractivity contribution in [1.82, 2.24) is 9.88 Å². The van der Waals surface area contributed by atoms with Crippen molar-refractivity contribution in [2.24, 2.45) is 11.1 Å². The fraction of sp³-hybridized carbons (Fsp3) is 0.412. The van der Waals surface area contributed by atoms with E-state index in [-0.39, 0.29) is 11.3 Å². The number of carbonyl (C=O) groups excluding carboxylic acids is 1. The molecule has 2 N–H and O–H groups in total. The number of carbonyl (C=O) groups is 1. The molecule has 118 valence electrons. The third kappa shape index (κ3) is 3.72. The molecule has 0 unspecified atom stereocenters. The minimum atomic E-state index is -0.0979. The number of thiazole rings is 1. The maximum Gasteiger partial charge on any atom is 0.273 e. The summed E-state index contributed by atoms with van der Waals surface area (Å²) in [6.45, 7) is 7.30. The van der Waals surface area contributed by atoms with Gasteiger partial charge in [0.15, 0.2) is 0 Å². The van der Waals surface area contributed by atoms with Gasteiger partial charge in [-0.1, -0.05) is 38.1 Å². The Morgan fingerprint density at radius 1 is 1.36 bits per heavy atom. The first kappa shape index (κ1) is 16.6. The zero-order valence-electron chi connectivity index (χ0n) is 13.6. The van der Waals surface area contributed by atoms with Crippen LogP contribution in [0.2, 0.25) is 0 Å². The Morgan fingerprint density at radius 2 is 2.05 bits per heavy atom. The largest absolute Gasteiger partial charge is 0.340 e. The van der Waals surface area contributed by atoms with E-state index in [1.807, 2.05) is 36.6 Å². The predicted octanol–water partition coefficient (Wildman–Crippen LogP) is 3.18. The van der Waals surface area contributed by atoms with Crippen LogP contribution in [0.25, 0.3) is 10.6 Å². The highest BCUT2D eigenvalue weighted by Gasteiger charge is 2.23. The van der Waals surface area contributed by atoms with Crippen molar-refractivity contribution in [1.29, 1.82) is 0 Å². The van der Waals surface area contributed by atoms with Crippen molar-refractivity contribution in [2.75, 3.05) is 20.1 Å². The van der Waals surface area contributed by atoms with Crippen molar-refractivity contribution < 1.29 is 4.79 Å². The van der Waals surface area contributed by atoms with Crippen LogP contribution in [0.4, 0.5) is 0 Å². The molecule has 22 heavy (non-hydrogen) atoms. The smallest absolute Gasteiger partial charge is 0.273 e. The number of hydrogen-bond donors (Lipinski definition) is 1. The Bertz CT molecular complexity index is 663. The highest BCUT2D eigenvalue weighted by Crippen LogP contribution is 2.27. The van der Waals surface area contributed by atoms with E-state index in [0.717, 1.165) is 16.1 Å². The summed E-state index contributed by atoms with van der Waals surface area (Å²) in [6, 6.07) is 8.07. The van der Waals surface area contributed by atoms with Gasteiger partial charge in [-0.2, -0.15) is 0 Å². The number of aromatic nitrogens is 1. The molecule has 1 aromatic heterocycles. The van der Waals surface area contributed by atoms with E-state index >= 15 is 0 Å². The summed E-state index contributed by atoms with van der Waals surface area (Å²) < 4.78 is 0. The van der Waals surface area contributed by atoms with Gasteiger partial charge in [-0.15, -0.1) is 11.3 Å². The first-order valence-electron chi connectivity index (χ1n) is 7.31. The summed E-state index contributed by atoms with van der Waals surface area (Å²) in [6.07, 6.45) is 0. The highest BCUT2D eigenvalue weighted by molar-refractivity contribution is 7.13. The van der Waals surface area contributed by atoms with Crippen LogP contribution in [-0.4, -0.2) is 35.9 Å². The number of amides is 1. The molecule has 1 amide bonds. The molecule has 0 saturated carbocycles. The molecule has 0 bridgehead atoms. The average molecular weight is 317 g/mol. The van der Waals surface area contributed by atoms with Crippen LogP contribution in [0, 0.1) is 12.3 Å². The fourth-order valence-corrected chi connectivity index (χ4v) is 3.17. The van der Waals surface area contributed by atoms with Crippen molar-refractivity contribution in [3.05, 3.63) is 40.9 Å². The molecule has 0 saturated heterocycles. The molecule has 2 rings (SSSR count). The Labute approximate surface area is 136 Å². The molecule has 1 heterocycles. The van der Waals surface area contributed by atoms with Gasteiger partial charge in [-0.05, 0) is 24.4 Å². The SMILES string of the molecule is Cc1ccccc1-c1nc(C(=O)N(C)CC(C)(C)CN)cs1. The van der Waals surface area contributed by atoms with Gasteiger partial charge in [-0.3, -0.25) is 4.79 Å². The highest BCUT2D eigenvalue weighted by atomic mass is 32.1. The normalized spacial score (nSPS) is 11.5. The monoisotopic (exact) mass is 317 g/mol. The second kappa shape index (κ2) is 6.58. The predicted molar refractivity (Wildman–Crippen MR) is 92.1 cm³/mol. The number of benzene rings is 1. The van der Waals surface area contributed by atoms with Crippen LogP contribution >= 0.6 is 11.3 Å². The van der Waals surface area contributed by atoms with Crippen LogP contribution < -0.4 is 5.73 Å². The van der Waals surface area contributed by atoms with Crippen molar-refractivity contribution in [3.8, 4) is 10.6 Å². The van der Waals surface area contributed by atoms with E-state index in [2.05, 4.69) is 18.8 Å². The molecular weight excluding hydrogens is 294 g/mol. The maximum atomic E-state index is 12.5. The molecule has 1 aromatic carbocycles. The summed E-state index contributed by atoms with van der Waals surface area (Å²) in [5.41, 5.74) is 8.38. The number of rotatable bonds is 5. The molecule has 0 spiro atoms.